The number of rotatable bonds is 9. The van der Waals surface area contributed by atoms with Crippen LogP contribution in [-0.4, -0.2) is 70.9 Å². The molecule has 2 aromatic carbocycles. The first-order valence-corrected chi connectivity index (χ1v) is 11.8. The van der Waals surface area contributed by atoms with Crippen molar-refractivity contribution in [1.82, 2.24) is 19.1 Å². The van der Waals surface area contributed by atoms with Crippen molar-refractivity contribution in [1.29, 1.82) is 0 Å². The van der Waals surface area contributed by atoms with Crippen LogP contribution in [0.5, 0.6) is 11.5 Å². The lowest BCUT2D eigenvalue weighted by Crippen LogP contribution is -2.30. The number of benzene rings is 2. The van der Waals surface area contributed by atoms with Crippen LogP contribution in [0.4, 0.5) is 0 Å². The first-order valence-electron chi connectivity index (χ1n) is 10.4. The second-order valence-electron chi connectivity index (χ2n) is 7.95. The average Bonchev–Trinajstić information content (AvgIpc) is 3.22. The molecule has 0 aliphatic carbocycles. The van der Waals surface area contributed by atoms with E-state index in [0.29, 0.717) is 5.56 Å². The van der Waals surface area contributed by atoms with Gasteiger partial charge in [-0.25, -0.2) is 8.42 Å². The maximum atomic E-state index is 13.0. The van der Waals surface area contributed by atoms with Crippen LogP contribution < -0.4 is 5.73 Å². The summed E-state index contributed by atoms with van der Waals surface area (Å²) >= 11 is 0. The molecule has 1 heterocycles. The molecule has 12 heteroatoms. The predicted octanol–water partition coefficient (Wildman–Crippen LogP) is 1.83. The Labute approximate surface area is 197 Å². The summed E-state index contributed by atoms with van der Waals surface area (Å²) in [5, 5.41) is 28.6. The van der Waals surface area contributed by atoms with Crippen molar-refractivity contribution >= 4 is 15.9 Å². The quantitative estimate of drug-likeness (QED) is 0.410. The topological polar surface area (TPSA) is 161 Å². The van der Waals surface area contributed by atoms with Gasteiger partial charge in [0, 0.05) is 26.8 Å². The summed E-state index contributed by atoms with van der Waals surface area (Å²) in [6.07, 6.45) is 0. The molecule has 0 radical (unpaired) electrons. The van der Waals surface area contributed by atoms with E-state index in [2.05, 4.69) is 10.2 Å². The van der Waals surface area contributed by atoms with Gasteiger partial charge in [0.1, 0.15) is 11.5 Å². The second kappa shape index (κ2) is 9.79. The summed E-state index contributed by atoms with van der Waals surface area (Å²) in [4.78, 5) is 12.1. The Morgan fingerprint density at radius 3 is 2.50 bits per heavy atom. The van der Waals surface area contributed by atoms with Gasteiger partial charge in [0.05, 0.1) is 22.8 Å². The van der Waals surface area contributed by atoms with Crippen molar-refractivity contribution in [3.63, 3.8) is 0 Å². The SMILES string of the molecule is COCCN(C)S(=O)(=O)c1cccc(-n2c(C(N)=O)nnc2-c2cc(C(C)C)c(O)cc2O)c1. The summed E-state index contributed by atoms with van der Waals surface area (Å²) in [7, 11) is -0.958. The van der Waals surface area contributed by atoms with E-state index >= 15 is 0 Å². The largest absolute Gasteiger partial charge is 0.508 e. The third-order valence-electron chi connectivity index (χ3n) is 5.29. The molecule has 3 rings (SSSR count). The van der Waals surface area contributed by atoms with Crippen LogP contribution in [0, 0.1) is 0 Å². The van der Waals surface area contributed by atoms with E-state index in [0.717, 1.165) is 4.31 Å². The Morgan fingerprint density at radius 1 is 1.18 bits per heavy atom. The number of likely N-dealkylation sites (N-methyl/N-ethyl adjacent to an activating group) is 1. The van der Waals surface area contributed by atoms with E-state index < -0.39 is 15.9 Å². The molecule has 1 aromatic heterocycles. The summed E-state index contributed by atoms with van der Waals surface area (Å²) < 4.78 is 33.4. The van der Waals surface area contributed by atoms with Crippen LogP contribution in [0.2, 0.25) is 0 Å². The van der Waals surface area contributed by atoms with Crippen LogP contribution in [0.3, 0.4) is 0 Å². The number of aromatic hydroxyl groups is 2. The van der Waals surface area contributed by atoms with E-state index in [-0.39, 0.29) is 58.4 Å². The van der Waals surface area contributed by atoms with E-state index in [1.54, 1.807) is 12.1 Å². The molecule has 0 unspecified atom stereocenters. The van der Waals surface area contributed by atoms with E-state index in [1.165, 1.54) is 43.0 Å². The molecule has 0 saturated carbocycles. The molecule has 34 heavy (non-hydrogen) atoms. The third-order valence-corrected chi connectivity index (χ3v) is 7.14. The van der Waals surface area contributed by atoms with Crippen molar-refractivity contribution in [2.24, 2.45) is 5.73 Å². The molecule has 0 fully saturated rings. The number of hydrogen-bond acceptors (Lipinski definition) is 8. The normalized spacial score (nSPS) is 11.9. The molecule has 3 aromatic rings. The van der Waals surface area contributed by atoms with Gasteiger partial charge in [0.2, 0.25) is 15.8 Å². The first-order chi connectivity index (χ1) is 16.0. The molecule has 0 atom stereocenters. The Kier molecular flexibility index (Phi) is 7.24. The number of phenolic OH excluding ortho intramolecular Hbond substituents is 2. The van der Waals surface area contributed by atoms with Gasteiger partial charge in [-0.3, -0.25) is 9.36 Å². The summed E-state index contributed by atoms with van der Waals surface area (Å²) in [5.41, 5.74) is 6.48. The molecule has 1 amide bonds. The summed E-state index contributed by atoms with van der Waals surface area (Å²) in [5.74, 6) is -1.57. The van der Waals surface area contributed by atoms with Crippen molar-refractivity contribution in [3.8, 4) is 28.6 Å². The van der Waals surface area contributed by atoms with Gasteiger partial charge in [-0.2, -0.15) is 4.31 Å². The smallest absolute Gasteiger partial charge is 0.287 e. The summed E-state index contributed by atoms with van der Waals surface area (Å²) in [6.45, 7) is 4.09. The highest BCUT2D eigenvalue weighted by Gasteiger charge is 2.25. The van der Waals surface area contributed by atoms with Crippen LogP contribution in [0.1, 0.15) is 35.9 Å². The zero-order chi connectivity index (χ0) is 25.2. The summed E-state index contributed by atoms with van der Waals surface area (Å²) in [6, 6.07) is 8.58. The number of phenols is 2. The monoisotopic (exact) mass is 489 g/mol. The standard InChI is InChI=1S/C22H27N5O6S/c1-13(2)16-11-17(19(29)12-18(16)28)21-24-25-22(20(23)30)27(21)14-6-5-7-15(10-14)34(31,32)26(3)8-9-33-4/h5-7,10-13,28-29H,8-9H2,1-4H3,(H2,23,30). The molecule has 0 saturated heterocycles. The van der Waals surface area contributed by atoms with Crippen LogP contribution in [0.25, 0.3) is 17.1 Å². The van der Waals surface area contributed by atoms with Gasteiger partial charge in [0.15, 0.2) is 5.82 Å². The van der Waals surface area contributed by atoms with Crippen molar-refractivity contribution < 1.29 is 28.2 Å². The lowest BCUT2D eigenvalue weighted by atomic mass is 9.98. The number of methoxy groups -OCH3 is 1. The third kappa shape index (κ3) is 4.74. The number of sulfonamides is 1. The highest BCUT2D eigenvalue weighted by atomic mass is 32.2. The van der Waals surface area contributed by atoms with Gasteiger partial charge in [-0.15, -0.1) is 10.2 Å². The zero-order valence-electron chi connectivity index (χ0n) is 19.3. The maximum Gasteiger partial charge on any atom is 0.287 e. The lowest BCUT2D eigenvalue weighted by Gasteiger charge is -2.18. The van der Waals surface area contributed by atoms with Crippen LogP contribution >= 0.6 is 0 Å². The number of carbonyl (C=O) groups excluding carboxylic acids is 1. The molecular weight excluding hydrogens is 462 g/mol. The van der Waals surface area contributed by atoms with Gasteiger partial charge in [0.25, 0.3) is 5.91 Å². The Bertz CT molecular complexity index is 1320. The molecule has 4 N–H and O–H groups in total. The van der Waals surface area contributed by atoms with Crippen molar-refractivity contribution in [2.75, 3.05) is 27.3 Å². The molecule has 0 aliphatic heterocycles. The fourth-order valence-electron chi connectivity index (χ4n) is 3.40. The number of amides is 1. The number of ether oxygens (including phenoxy) is 1. The van der Waals surface area contributed by atoms with Crippen molar-refractivity contribution in [2.45, 2.75) is 24.7 Å². The second-order valence-corrected chi connectivity index (χ2v) is 9.99. The fraction of sp³-hybridized carbons (Fsp3) is 0.318. The molecular formula is C22H27N5O6S. The molecule has 0 bridgehead atoms. The zero-order valence-corrected chi connectivity index (χ0v) is 20.1. The molecule has 182 valence electrons. The van der Waals surface area contributed by atoms with E-state index in [9.17, 15) is 23.4 Å². The molecule has 11 nitrogen and oxygen atoms in total. The van der Waals surface area contributed by atoms with Gasteiger partial charge in [-0.05, 0) is 35.7 Å². The van der Waals surface area contributed by atoms with Gasteiger partial charge >= 0.3 is 0 Å². The first kappa shape index (κ1) is 25.1. The lowest BCUT2D eigenvalue weighted by molar-refractivity contribution is 0.0988. The molecule has 0 aliphatic rings. The maximum absolute atomic E-state index is 13.0. The number of primary amides is 1. The van der Waals surface area contributed by atoms with Crippen molar-refractivity contribution in [3.05, 3.63) is 47.8 Å². The highest BCUT2D eigenvalue weighted by Crippen LogP contribution is 2.38. The van der Waals surface area contributed by atoms with Gasteiger partial charge < -0.3 is 20.7 Å². The predicted molar refractivity (Wildman–Crippen MR) is 124 cm³/mol. The average molecular weight is 490 g/mol. The minimum atomic E-state index is -3.87. The number of nitrogens with two attached hydrogens (primary N) is 1. The number of aromatic nitrogens is 3. The number of carbonyl (C=O) groups is 1. The number of nitrogens with zero attached hydrogens (tertiary/aromatic N) is 4. The van der Waals surface area contributed by atoms with Crippen LogP contribution in [-0.2, 0) is 14.8 Å². The highest BCUT2D eigenvalue weighted by molar-refractivity contribution is 7.89. The Balaban J connectivity index is 2.22. The minimum Gasteiger partial charge on any atom is -0.508 e. The van der Waals surface area contributed by atoms with E-state index in [4.69, 9.17) is 10.5 Å². The Hall–Kier alpha value is -3.48. The number of hydrogen-bond donors (Lipinski definition) is 3. The minimum absolute atomic E-state index is 0.0310. The van der Waals surface area contributed by atoms with E-state index in [1.807, 2.05) is 13.8 Å². The van der Waals surface area contributed by atoms with Crippen LogP contribution in [0.15, 0.2) is 41.3 Å². The Morgan fingerprint density at radius 2 is 1.88 bits per heavy atom. The molecule has 0 spiro atoms. The fourth-order valence-corrected chi connectivity index (χ4v) is 4.60. The van der Waals surface area contributed by atoms with Gasteiger partial charge in [-0.1, -0.05) is 19.9 Å².